The van der Waals surface area contributed by atoms with Crippen LogP contribution in [0.2, 0.25) is 0 Å². The predicted molar refractivity (Wildman–Crippen MR) is 67.3 cm³/mol. The van der Waals surface area contributed by atoms with Gasteiger partial charge in [-0.2, -0.15) is 13.2 Å². The summed E-state index contributed by atoms with van der Waals surface area (Å²) in [7, 11) is 1.61. The summed E-state index contributed by atoms with van der Waals surface area (Å²) in [6.45, 7) is 0.573. The molecular formula is C13H16F3N3O. The van der Waals surface area contributed by atoms with Crippen LogP contribution < -0.4 is 5.73 Å². The van der Waals surface area contributed by atoms with Gasteiger partial charge >= 0.3 is 6.18 Å². The second kappa shape index (κ2) is 5.41. The molecule has 1 heterocycles. The van der Waals surface area contributed by atoms with Crippen LogP contribution in [0.15, 0.2) is 24.3 Å². The third-order valence-electron chi connectivity index (χ3n) is 3.45. The Hall–Kier alpha value is -1.60. The molecule has 0 aliphatic carbocycles. The van der Waals surface area contributed by atoms with Crippen molar-refractivity contribution in [2.24, 2.45) is 5.73 Å². The van der Waals surface area contributed by atoms with Gasteiger partial charge in [-0.1, -0.05) is 18.2 Å². The Balaban J connectivity index is 2.36. The van der Waals surface area contributed by atoms with E-state index in [0.29, 0.717) is 6.54 Å². The van der Waals surface area contributed by atoms with E-state index < -0.39 is 17.8 Å². The fourth-order valence-electron chi connectivity index (χ4n) is 2.51. The fourth-order valence-corrected chi connectivity index (χ4v) is 2.51. The van der Waals surface area contributed by atoms with Crippen molar-refractivity contribution >= 4 is 5.91 Å². The van der Waals surface area contributed by atoms with Gasteiger partial charge in [0, 0.05) is 26.6 Å². The monoisotopic (exact) mass is 287 g/mol. The molecule has 0 bridgehead atoms. The van der Waals surface area contributed by atoms with Gasteiger partial charge in [0.05, 0.1) is 11.6 Å². The fraction of sp³-hybridized carbons (Fsp3) is 0.462. The van der Waals surface area contributed by atoms with Crippen molar-refractivity contribution in [3.05, 3.63) is 35.4 Å². The molecule has 1 aromatic carbocycles. The first-order valence-electron chi connectivity index (χ1n) is 6.25. The number of alkyl halides is 3. The number of carbonyl (C=O) groups is 1. The quantitative estimate of drug-likeness (QED) is 0.922. The van der Waals surface area contributed by atoms with Gasteiger partial charge < -0.3 is 5.73 Å². The summed E-state index contributed by atoms with van der Waals surface area (Å²) >= 11 is 0. The summed E-state index contributed by atoms with van der Waals surface area (Å²) in [4.78, 5) is 11.9. The summed E-state index contributed by atoms with van der Waals surface area (Å²) in [6.07, 6.45) is -4.40. The van der Waals surface area contributed by atoms with Crippen LogP contribution in [0, 0.1) is 0 Å². The largest absolute Gasteiger partial charge is 0.416 e. The van der Waals surface area contributed by atoms with Gasteiger partial charge in [-0.3, -0.25) is 9.80 Å². The molecule has 7 heteroatoms. The Morgan fingerprint density at radius 1 is 1.35 bits per heavy atom. The molecule has 1 atom stereocenters. The maximum atomic E-state index is 13.0. The Labute approximate surface area is 114 Å². The van der Waals surface area contributed by atoms with Gasteiger partial charge in [0.1, 0.15) is 0 Å². The van der Waals surface area contributed by atoms with Crippen molar-refractivity contribution in [3.63, 3.8) is 0 Å². The number of halogens is 3. The highest BCUT2D eigenvalue weighted by Gasteiger charge is 2.41. The normalized spacial score (nSPS) is 20.8. The minimum absolute atomic E-state index is 0.0313. The topological polar surface area (TPSA) is 49.6 Å². The van der Waals surface area contributed by atoms with Crippen molar-refractivity contribution in [2.75, 3.05) is 20.1 Å². The molecule has 1 aliphatic rings. The molecule has 2 N–H and O–H groups in total. The lowest BCUT2D eigenvalue weighted by atomic mass is 9.98. The highest BCUT2D eigenvalue weighted by Crippen LogP contribution is 2.39. The van der Waals surface area contributed by atoms with Crippen LogP contribution in [0.5, 0.6) is 0 Å². The molecule has 1 aromatic rings. The maximum absolute atomic E-state index is 13.0. The summed E-state index contributed by atoms with van der Waals surface area (Å²) in [5.41, 5.74) is 4.84. The first-order valence-corrected chi connectivity index (χ1v) is 6.25. The van der Waals surface area contributed by atoms with Crippen molar-refractivity contribution < 1.29 is 18.0 Å². The number of hydrogen-bond acceptors (Lipinski definition) is 3. The van der Waals surface area contributed by atoms with E-state index in [0.717, 1.165) is 6.07 Å². The number of carbonyl (C=O) groups excluding carboxylic acids is 1. The van der Waals surface area contributed by atoms with Crippen LogP contribution in [0.1, 0.15) is 23.6 Å². The van der Waals surface area contributed by atoms with Crippen molar-refractivity contribution in [3.8, 4) is 0 Å². The third-order valence-corrected chi connectivity index (χ3v) is 3.45. The molecule has 1 amide bonds. The first kappa shape index (κ1) is 14.8. The standard InChI is InChI=1S/C13H16F3N3O/c1-18-11(8-12(20)19(18)7-6-17)9-4-2-3-5-10(9)13(14,15)16/h2-5,11H,6-8,17H2,1H3. The van der Waals surface area contributed by atoms with Crippen LogP contribution in [-0.2, 0) is 11.0 Å². The number of benzene rings is 1. The molecule has 20 heavy (non-hydrogen) atoms. The molecule has 4 nitrogen and oxygen atoms in total. The Morgan fingerprint density at radius 3 is 2.60 bits per heavy atom. The molecular weight excluding hydrogens is 271 g/mol. The highest BCUT2D eigenvalue weighted by atomic mass is 19.4. The van der Waals surface area contributed by atoms with E-state index >= 15 is 0 Å². The zero-order chi connectivity index (χ0) is 14.9. The van der Waals surface area contributed by atoms with Crippen molar-refractivity contribution in [1.29, 1.82) is 0 Å². The van der Waals surface area contributed by atoms with Gasteiger partial charge in [-0.25, -0.2) is 5.01 Å². The number of amides is 1. The smallest absolute Gasteiger partial charge is 0.329 e. The van der Waals surface area contributed by atoms with E-state index in [1.54, 1.807) is 18.1 Å². The average Bonchev–Trinajstić information content (AvgIpc) is 2.66. The van der Waals surface area contributed by atoms with Crippen LogP contribution in [0.4, 0.5) is 13.2 Å². The van der Waals surface area contributed by atoms with Gasteiger partial charge in [0.25, 0.3) is 0 Å². The molecule has 0 spiro atoms. The number of hydrogen-bond donors (Lipinski definition) is 1. The van der Waals surface area contributed by atoms with Crippen LogP contribution in [0.25, 0.3) is 0 Å². The molecule has 1 aliphatic heterocycles. The lowest BCUT2D eigenvalue weighted by Crippen LogP contribution is -2.40. The number of nitrogens with zero attached hydrogens (tertiary/aromatic N) is 2. The second-order valence-corrected chi connectivity index (χ2v) is 4.68. The zero-order valence-electron chi connectivity index (χ0n) is 11.0. The van der Waals surface area contributed by atoms with E-state index in [1.807, 2.05) is 0 Å². The highest BCUT2D eigenvalue weighted by molar-refractivity contribution is 5.78. The summed E-state index contributed by atoms with van der Waals surface area (Å²) in [5, 5.41) is 2.94. The molecule has 0 aromatic heterocycles. The minimum atomic E-state index is -4.43. The van der Waals surface area contributed by atoms with E-state index in [1.165, 1.54) is 17.1 Å². The Bertz CT molecular complexity index is 504. The Morgan fingerprint density at radius 2 is 2.00 bits per heavy atom. The summed E-state index contributed by atoms with van der Waals surface area (Å²) in [6, 6.07) is 4.75. The first-order chi connectivity index (χ1) is 9.36. The maximum Gasteiger partial charge on any atom is 0.416 e. The van der Waals surface area contributed by atoms with Crippen LogP contribution >= 0.6 is 0 Å². The molecule has 0 radical (unpaired) electrons. The van der Waals surface area contributed by atoms with Gasteiger partial charge in [-0.05, 0) is 11.6 Å². The molecule has 2 rings (SSSR count). The van der Waals surface area contributed by atoms with E-state index in [2.05, 4.69) is 0 Å². The number of hydrazine groups is 1. The molecule has 1 fully saturated rings. The van der Waals surface area contributed by atoms with E-state index in [9.17, 15) is 18.0 Å². The van der Waals surface area contributed by atoms with Gasteiger partial charge in [0.2, 0.25) is 5.91 Å². The zero-order valence-corrected chi connectivity index (χ0v) is 11.0. The molecule has 0 saturated carbocycles. The third kappa shape index (κ3) is 2.64. The van der Waals surface area contributed by atoms with Crippen molar-refractivity contribution in [1.82, 2.24) is 10.0 Å². The number of rotatable bonds is 3. The molecule has 1 saturated heterocycles. The number of nitrogens with two attached hydrogens (primary N) is 1. The summed E-state index contributed by atoms with van der Waals surface area (Å²) < 4.78 is 39.1. The Kier molecular flexibility index (Phi) is 4.01. The van der Waals surface area contributed by atoms with E-state index in [-0.39, 0.29) is 24.4 Å². The SMILES string of the molecule is CN1C(c2ccccc2C(F)(F)F)CC(=O)N1CCN. The van der Waals surface area contributed by atoms with Crippen molar-refractivity contribution in [2.45, 2.75) is 18.6 Å². The summed E-state index contributed by atoms with van der Waals surface area (Å²) in [5.74, 6) is -0.208. The second-order valence-electron chi connectivity index (χ2n) is 4.68. The molecule has 1 unspecified atom stereocenters. The van der Waals surface area contributed by atoms with E-state index in [4.69, 9.17) is 5.73 Å². The van der Waals surface area contributed by atoms with Gasteiger partial charge in [0.15, 0.2) is 0 Å². The van der Waals surface area contributed by atoms with Gasteiger partial charge in [-0.15, -0.1) is 0 Å². The predicted octanol–water partition coefficient (Wildman–Crippen LogP) is 1.78. The van der Waals surface area contributed by atoms with Crippen LogP contribution in [-0.4, -0.2) is 36.1 Å². The lowest BCUT2D eigenvalue weighted by molar-refractivity contribution is -0.139. The minimum Gasteiger partial charge on any atom is -0.329 e. The lowest BCUT2D eigenvalue weighted by Gasteiger charge is -2.29. The molecule has 110 valence electrons. The van der Waals surface area contributed by atoms with Crippen LogP contribution in [0.3, 0.4) is 0 Å². The average molecular weight is 287 g/mol.